The fraction of sp³-hybridized carbons (Fsp3) is 0.222. The van der Waals surface area contributed by atoms with Crippen LogP contribution in [-0.4, -0.2) is 27.7 Å². The Hall–Kier alpha value is -1.95. The highest BCUT2D eigenvalue weighted by atomic mass is 16.5. The number of nitrogens with two attached hydrogens (primary N) is 1. The molecule has 0 aliphatic rings. The van der Waals surface area contributed by atoms with E-state index in [1.165, 1.54) is 0 Å². The van der Waals surface area contributed by atoms with Crippen molar-refractivity contribution in [2.24, 2.45) is 5.73 Å². The number of rotatable bonds is 3. The Morgan fingerprint density at radius 1 is 1.47 bits per heavy atom. The summed E-state index contributed by atoms with van der Waals surface area (Å²) in [6.45, 7) is 0.410. The summed E-state index contributed by atoms with van der Waals surface area (Å²) in [5, 5.41) is 13.6. The molecular formula is C9H11N5O. The van der Waals surface area contributed by atoms with Crippen LogP contribution in [0.3, 0.4) is 0 Å². The molecule has 0 fully saturated rings. The number of methoxy groups -OCH3 is 1. The Labute approximate surface area is 86.4 Å². The van der Waals surface area contributed by atoms with Crippen LogP contribution in [-0.2, 0) is 6.54 Å². The van der Waals surface area contributed by atoms with E-state index in [1.54, 1.807) is 7.11 Å². The molecule has 6 heteroatoms. The molecule has 0 amide bonds. The topological polar surface area (TPSA) is 89.7 Å². The minimum absolute atomic E-state index is 0.410. The van der Waals surface area contributed by atoms with E-state index in [0.717, 1.165) is 16.9 Å². The summed E-state index contributed by atoms with van der Waals surface area (Å²) in [7, 11) is 1.62. The molecule has 2 aromatic rings. The molecule has 0 unspecified atom stereocenters. The molecule has 0 atom stereocenters. The molecular weight excluding hydrogens is 194 g/mol. The van der Waals surface area contributed by atoms with Gasteiger partial charge in [-0.1, -0.05) is 0 Å². The van der Waals surface area contributed by atoms with Gasteiger partial charge in [-0.25, -0.2) is 5.10 Å². The fourth-order valence-electron chi connectivity index (χ4n) is 1.37. The van der Waals surface area contributed by atoms with Crippen LogP contribution >= 0.6 is 0 Å². The quantitative estimate of drug-likeness (QED) is 0.753. The highest BCUT2D eigenvalue weighted by molar-refractivity contribution is 5.61. The van der Waals surface area contributed by atoms with E-state index in [1.807, 2.05) is 18.2 Å². The van der Waals surface area contributed by atoms with E-state index >= 15 is 0 Å². The summed E-state index contributed by atoms with van der Waals surface area (Å²) in [6, 6.07) is 5.60. The molecule has 0 saturated carbocycles. The van der Waals surface area contributed by atoms with Crippen molar-refractivity contribution in [3.63, 3.8) is 0 Å². The Bertz CT molecular complexity index is 440. The zero-order chi connectivity index (χ0) is 10.7. The van der Waals surface area contributed by atoms with Gasteiger partial charge in [-0.05, 0) is 34.2 Å². The van der Waals surface area contributed by atoms with Gasteiger partial charge in [-0.3, -0.25) is 0 Å². The lowest BCUT2D eigenvalue weighted by molar-refractivity contribution is 0.414. The first kappa shape index (κ1) is 9.60. The third-order valence-corrected chi connectivity index (χ3v) is 2.13. The maximum Gasteiger partial charge on any atom is 0.179 e. The Balaban J connectivity index is 2.48. The van der Waals surface area contributed by atoms with Gasteiger partial charge in [-0.2, -0.15) is 0 Å². The molecule has 3 N–H and O–H groups in total. The normalized spacial score (nSPS) is 10.3. The summed E-state index contributed by atoms with van der Waals surface area (Å²) in [4.78, 5) is 0. The third-order valence-electron chi connectivity index (χ3n) is 2.13. The van der Waals surface area contributed by atoms with E-state index in [0.29, 0.717) is 12.4 Å². The first-order valence-corrected chi connectivity index (χ1v) is 4.46. The van der Waals surface area contributed by atoms with Gasteiger partial charge in [0.05, 0.1) is 7.11 Å². The van der Waals surface area contributed by atoms with Gasteiger partial charge in [0.1, 0.15) is 5.75 Å². The number of ether oxygens (including phenoxy) is 1. The lowest BCUT2D eigenvalue weighted by Gasteiger charge is -2.06. The molecule has 0 spiro atoms. The van der Waals surface area contributed by atoms with Gasteiger partial charge in [0, 0.05) is 12.1 Å². The van der Waals surface area contributed by atoms with Crippen LogP contribution in [0.4, 0.5) is 0 Å². The van der Waals surface area contributed by atoms with E-state index in [2.05, 4.69) is 20.6 Å². The van der Waals surface area contributed by atoms with Gasteiger partial charge in [0.25, 0.3) is 0 Å². The summed E-state index contributed by atoms with van der Waals surface area (Å²) in [5.74, 6) is 1.38. The molecule has 2 rings (SSSR count). The van der Waals surface area contributed by atoms with Crippen molar-refractivity contribution < 1.29 is 4.74 Å². The van der Waals surface area contributed by atoms with E-state index < -0.39 is 0 Å². The number of nitrogens with zero attached hydrogens (tertiary/aromatic N) is 3. The lowest BCUT2D eigenvalue weighted by atomic mass is 10.1. The zero-order valence-electron chi connectivity index (χ0n) is 8.27. The summed E-state index contributed by atoms with van der Waals surface area (Å²) in [6.07, 6.45) is 0. The molecule has 6 nitrogen and oxygen atoms in total. The molecule has 0 radical (unpaired) electrons. The Morgan fingerprint density at radius 3 is 2.93 bits per heavy atom. The highest BCUT2D eigenvalue weighted by Gasteiger charge is 2.08. The SMILES string of the molecule is COc1ccc(-c2nnn[nH]2)c(CN)c1. The van der Waals surface area contributed by atoms with Crippen molar-refractivity contribution in [1.82, 2.24) is 20.6 Å². The van der Waals surface area contributed by atoms with Crippen LogP contribution in [0.5, 0.6) is 5.75 Å². The second-order valence-electron chi connectivity index (χ2n) is 2.98. The lowest BCUT2D eigenvalue weighted by Crippen LogP contribution is -2.00. The molecule has 15 heavy (non-hydrogen) atoms. The second kappa shape index (κ2) is 4.05. The Kier molecular flexibility index (Phi) is 2.59. The maximum atomic E-state index is 5.64. The molecule has 0 saturated heterocycles. The van der Waals surface area contributed by atoms with Crippen molar-refractivity contribution in [2.45, 2.75) is 6.54 Å². The minimum atomic E-state index is 0.410. The van der Waals surface area contributed by atoms with Crippen LogP contribution in [0, 0.1) is 0 Å². The van der Waals surface area contributed by atoms with Crippen LogP contribution < -0.4 is 10.5 Å². The van der Waals surface area contributed by atoms with E-state index in [-0.39, 0.29) is 0 Å². The second-order valence-corrected chi connectivity index (χ2v) is 2.98. The summed E-state index contributed by atoms with van der Waals surface area (Å²) in [5.41, 5.74) is 7.47. The molecule has 1 aromatic carbocycles. The van der Waals surface area contributed by atoms with E-state index in [9.17, 15) is 0 Å². The van der Waals surface area contributed by atoms with E-state index in [4.69, 9.17) is 10.5 Å². The number of aromatic nitrogens is 4. The third kappa shape index (κ3) is 1.79. The van der Waals surface area contributed by atoms with Crippen LogP contribution in [0.2, 0.25) is 0 Å². The van der Waals surface area contributed by atoms with Crippen molar-refractivity contribution in [2.75, 3.05) is 7.11 Å². The van der Waals surface area contributed by atoms with Gasteiger partial charge in [0.2, 0.25) is 0 Å². The first-order chi connectivity index (χ1) is 7.35. The predicted molar refractivity (Wildman–Crippen MR) is 54.1 cm³/mol. The molecule has 0 aliphatic heterocycles. The van der Waals surface area contributed by atoms with Crippen molar-refractivity contribution in [1.29, 1.82) is 0 Å². The molecule has 0 bridgehead atoms. The highest BCUT2D eigenvalue weighted by Crippen LogP contribution is 2.23. The van der Waals surface area contributed by atoms with Crippen molar-refractivity contribution >= 4 is 0 Å². The monoisotopic (exact) mass is 205 g/mol. The number of H-pyrrole nitrogens is 1. The fourth-order valence-corrected chi connectivity index (χ4v) is 1.37. The first-order valence-electron chi connectivity index (χ1n) is 4.46. The molecule has 78 valence electrons. The standard InChI is InChI=1S/C9H11N5O/c1-15-7-2-3-8(6(4-7)5-10)9-11-13-14-12-9/h2-4H,5,10H2,1H3,(H,11,12,13,14). The number of benzene rings is 1. The van der Waals surface area contributed by atoms with Gasteiger partial charge >= 0.3 is 0 Å². The average molecular weight is 205 g/mol. The van der Waals surface area contributed by atoms with Crippen molar-refractivity contribution in [3.8, 4) is 17.1 Å². The zero-order valence-corrected chi connectivity index (χ0v) is 8.27. The maximum absolute atomic E-state index is 5.64. The van der Waals surface area contributed by atoms with Crippen molar-refractivity contribution in [3.05, 3.63) is 23.8 Å². The van der Waals surface area contributed by atoms with Gasteiger partial charge < -0.3 is 10.5 Å². The molecule has 1 aromatic heterocycles. The van der Waals surface area contributed by atoms with Crippen LogP contribution in [0.25, 0.3) is 11.4 Å². The summed E-state index contributed by atoms with van der Waals surface area (Å²) < 4.78 is 5.11. The largest absolute Gasteiger partial charge is 0.497 e. The number of aromatic amines is 1. The van der Waals surface area contributed by atoms with Crippen LogP contribution in [0.1, 0.15) is 5.56 Å². The average Bonchev–Trinajstić information content (AvgIpc) is 2.81. The minimum Gasteiger partial charge on any atom is -0.497 e. The van der Waals surface area contributed by atoms with Gasteiger partial charge in [-0.15, -0.1) is 5.10 Å². The predicted octanol–water partition coefficient (Wildman–Crippen LogP) is 0.334. The number of hydrogen-bond acceptors (Lipinski definition) is 5. The number of tetrazole rings is 1. The number of nitrogens with one attached hydrogen (secondary N) is 1. The molecule has 1 heterocycles. The number of hydrogen-bond donors (Lipinski definition) is 2. The smallest absolute Gasteiger partial charge is 0.179 e. The van der Waals surface area contributed by atoms with Crippen LogP contribution in [0.15, 0.2) is 18.2 Å². The summed E-state index contributed by atoms with van der Waals surface area (Å²) >= 11 is 0. The Morgan fingerprint density at radius 2 is 2.33 bits per heavy atom. The van der Waals surface area contributed by atoms with Gasteiger partial charge in [0.15, 0.2) is 5.82 Å². The molecule has 0 aliphatic carbocycles.